The Morgan fingerprint density at radius 3 is 2.40 bits per heavy atom. The highest BCUT2D eigenvalue weighted by Gasteiger charge is 2.26. The highest BCUT2D eigenvalue weighted by atomic mass is 32.2. The van der Waals surface area contributed by atoms with E-state index in [2.05, 4.69) is 0 Å². The molecule has 0 amide bonds. The summed E-state index contributed by atoms with van der Waals surface area (Å²) in [7, 11) is -0.894. The summed E-state index contributed by atoms with van der Waals surface area (Å²) in [5.74, 6) is -0.757. The Kier molecular flexibility index (Phi) is 5.20. The van der Waals surface area contributed by atoms with E-state index < -0.39 is 22.5 Å². The van der Waals surface area contributed by atoms with Crippen LogP contribution in [-0.4, -0.2) is 46.0 Å². The van der Waals surface area contributed by atoms with Crippen molar-refractivity contribution >= 4 is 21.7 Å². The van der Waals surface area contributed by atoms with Crippen LogP contribution in [0.1, 0.15) is 6.92 Å². The fourth-order valence-corrected chi connectivity index (χ4v) is 2.67. The molecular formula is C12H17NO6S. The van der Waals surface area contributed by atoms with E-state index in [4.69, 9.17) is 14.6 Å². The molecule has 0 bridgehead atoms. The molecule has 1 rings (SSSR count). The predicted molar refractivity (Wildman–Crippen MR) is 74.0 cm³/mol. The molecule has 112 valence electrons. The molecule has 0 aliphatic heterocycles. The molecule has 7 nitrogen and oxygen atoms in total. The van der Waals surface area contributed by atoms with Gasteiger partial charge in [0.05, 0.1) is 25.7 Å². The van der Waals surface area contributed by atoms with Crippen molar-refractivity contribution in [3.05, 3.63) is 18.2 Å². The molecule has 0 spiro atoms. The molecule has 0 aliphatic carbocycles. The van der Waals surface area contributed by atoms with E-state index in [1.165, 1.54) is 39.3 Å². The van der Waals surface area contributed by atoms with Crippen molar-refractivity contribution in [3.8, 4) is 11.5 Å². The topological polar surface area (TPSA) is 93.1 Å². The van der Waals surface area contributed by atoms with Gasteiger partial charge in [-0.3, -0.25) is 9.10 Å². The third-order valence-corrected chi connectivity index (χ3v) is 4.36. The van der Waals surface area contributed by atoms with Crippen LogP contribution in [0.3, 0.4) is 0 Å². The number of carbonyl (C=O) groups is 1. The van der Waals surface area contributed by atoms with Crippen LogP contribution in [0.25, 0.3) is 0 Å². The predicted octanol–water partition coefficient (Wildman–Crippen LogP) is 0.944. The molecule has 0 radical (unpaired) electrons. The van der Waals surface area contributed by atoms with E-state index in [1.54, 1.807) is 0 Å². The number of carboxylic acids is 1. The summed E-state index contributed by atoms with van der Waals surface area (Å²) < 4.78 is 35.0. The van der Waals surface area contributed by atoms with Crippen LogP contribution in [0.5, 0.6) is 11.5 Å². The van der Waals surface area contributed by atoms with Gasteiger partial charge < -0.3 is 14.6 Å². The maximum absolute atomic E-state index is 12.0. The summed E-state index contributed by atoms with van der Waals surface area (Å²) in [6.45, 7) is 0.777. The van der Waals surface area contributed by atoms with Crippen molar-refractivity contribution in [2.24, 2.45) is 0 Å². The molecule has 0 atom stereocenters. The minimum absolute atomic E-state index is 0.164. The largest absolute Gasteiger partial charge is 0.497 e. The third kappa shape index (κ3) is 3.53. The van der Waals surface area contributed by atoms with Crippen LogP contribution in [-0.2, 0) is 14.8 Å². The van der Waals surface area contributed by atoms with Crippen molar-refractivity contribution in [1.82, 2.24) is 0 Å². The number of rotatable bonds is 7. The highest BCUT2D eigenvalue weighted by molar-refractivity contribution is 7.92. The number of hydrogen-bond acceptors (Lipinski definition) is 5. The maximum atomic E-state index is 12.0. The molecule has 20 heavy (non-hydrogen) atoms. The van der Waals surface area contributed by atoms with Crippen LogP contribution in [0.15, 0.2) is 18.2 Å². The molecule has 0 saturated heterocycles. The smallest absolute Gasteiger partial charge is 0.324 e. The molecule has 0 saturated carbocycles. The average molecular weight is 303 g/mol. The normalized spacial score (nSPS) is 10.9. The SMILES string of the molecule is CCS(=O)(=O)N(CC(=O)O)c1ccc(OC)cc1OC. The third-order valence-electron chi connectivity index (χ3n) is 2.64. The van der Waals surface area contributed by atoms with E-state index >= 15 is 0 Å². The van der Waals surface area contributed by atoms with Gasteiger partial charge in [-0.05, 0) is 19.1 Å². The van der Waals surface area contributed by atoms with E-state index in [-0.39, 0.29) is 17.2 Å². The average Bonchev–Trinajstić information content (AvgIpc) is 2.43. The summed E-state index contributed by atoms with van der Waals surface area (Å²) in [6.07, 6.45) is 0. The molecule has 1 N–H and O–H groups in total. The highest BCUT2D eigenvalue weighted by Crippen LogP contribution is 2.33. The van der Waals surface area contributed by atoms with Gasteiger partial charge in [0.1, 0.15) is 18.0 Å². The van der Waals surface area contributed by atoms with Crippen LogP contribution in [0.4, 0.5) is 5.69 Å². The Hall–Kier alpha value is -1.96. The Morgan fingerprint density at radius 2 is 1.95 bits per heavy atom. The number of anilines is 1. The Balaban J connectivity index is 3.37. The fourth-order valence-electron chi connectivity index (χ4n) is 1.60. The number of carboxylic acid groups (broad SMARTS) is 1. The fraction of sp³-hybridized carbons (Fsp3) is 0.417. The molecular weight excluding hydrogens is 286 g/mol. The van der Waals surface area contributed by atoms with Gasteiger partial charge in [0.25, 0.3) is 0 Å². The molecule has 1 aromatic rings. The quantitative estimate of drug-likeness (QED) is 0.806. The Labute approximate surface area is 117 Å². The van der Waals surface area contributed by atoms with Crippen molar-refractivity contribution in [2.45, 2.75) is 6.92 Å². The summed E-state index contributed by atoms with van der Waals surface area (Å²) in [4.78, 5) is 10.9. The van der Waals surface area contributed by atoms with Crippen LogP contribution < -0.4 is 13.8 Å². The molecule has 0 heterocycles. The second-order valence-corrected chi connectivity index (χ2v) is 6.02. The van der Waals surface area contributed by atoms with Crippen LogP contribution in [0.2, 0.25) is 0 Å². The van der Waals surface area contributed by atoms with Crippen LogP contribution in [0, 0.1) is 0 Å². The van der Waals surface area contributed by atoms with Gasteiger partial charge >= 0.3 is 5.97 Å². The zero-order valence-electron chi connectivity index (χ0n) is 11.5. The van der Waals surface area contributed by atoms with E-state index in [1.807, 2.05) is 0 Å². The number of benzene rings is 1. The number of ether oxygens (including phenoxy) is 2. The first-order valence-electron chi connectivity index (χ1n) is 5.80. The van der Waals surface area contributed by atoms with Gasteiger partial charge in [-0.2, -0.15) is 0 Å². The molecule has 8 heteroatoms. The zero-order chi connectivity index (χ0) is 15.3. The summed E-state index contributed by atoms with van der Waals surface area (Å²) in [5, 5.41) is 8.90. The molecule has 0 aliphatic rings. The number of hydrogen-bond donors (Lipinski definition) is 1. The molecule has 0 fully saturated rings. The molecule has 0 unspecified atom stereocenters. The Bertz CT molecular complexity index is 584. The van der Waals surface area contributed by atoms with Gasteiger partial charge in [-0.1, -0.05) is 0 Å². The van der Waals surface area contributed by atoms with Gasteiger partial charge in [-0.25, -0.2) is 8.42 Å². The van der Waals surface area contributed by atoms with Gasteiger partial charge in [0, 0.05) is 6.07 Å². The number of methoxy groups -OCH3 is 2. The molecule has 1 aromatic carbocycles. The van der Waals surface area contributed by atoms with Crippen molar-refractivity contribution in [2.75, 3.05) is 30.8 Å². The summed E-state index contributed by atoms with van der Waals surface area (Å²) in [6, 6.07) is 4.49. The minimum Gasteiger partial charge on any atom is -0.497 e. The Morgan fingerprint density at radius 1 is 1.30 bits per heavy atom. The maximum Gasteiger partial charge on any atom is 0.324 e. The zero-order valence-corrected chi connectivity index (χ0v) is 12.3. The second-order valence-electron chi connectivity index (χ2n) is 3.84. The van der Waals surface area contributed by atoms with Crippen molar-refractivity contribution in [3.63, 3.8) is 0 Å². The molecule has 0 aromatic heterocycles. The standard InChI is InChI=1S/C12H17NO6S/c1-4-20(16,17)13(8-12(14)15)10-6-5-9(18-2)7-11(10)19-3/h5-7H,4,8H2,1-3H3,(H,14,15). The summed E-state index contributed by atoms with van der Waals surface area (Å²) in [5.41, 5.74) is 0.164. The van der Waals surface area contributed by atoms with Crippen molar-refractivity contribution in [1.29, 1.82) is 0 Å². The lowest BCUT2D eigenvalue weighted by Gasteiger charge is -2.24. The van der Waals surface area contributed by atoms with Crippen molar-refractivity contribution < 1.29 is 27.8 Å². The van der Waals surface area contributed by atoms with Gasteiger partial charge in [0.15, 0.2) is 0 Å². The van der Waals surface area contributed by atoms with Crippen LogP contribution >= 0.6 is 0 Å². The number of nitrogens with zero attached hydrogens (tertiary/aromatic N) is 1. The summed E-state index contributed by atoms with van der Waals surface area (Å²) >= 11 is 0. The number of sulfonamides is 1. The lowest BCUT2D eigenvalue weighted by atomic mass is 10.2. The monoisotopic (exact) mass is 303 g/mol. The van der Waals surface area contributed by atoms with E-state index in [9.17, 15) is 13.2 Å². The van der Waals surface area contributed by atoms with Gasteiger partial charge in [-0.15, -0.1) is 0 Å². The second kappa shape index (κ2) is 6.47. The first-order chi connectivity index (χ1) is 9.35. The number of aliphatic carboxylic acids is 1. The lowest BCUT2D eigenvalue weighted by Crippen LogP contribution is -2.37. The lowest BCUT2D eigenvalue weighted by molar-refractivity contribution is -0.135. The van der Waals surface area contributed by atoms with E-state index in [0.29, 0.717) is 5.75 Å². The first-order valence-corrected chi connectivity index (χ1v) is 7.40. The van der Waals surface area contributed by atoms with Gasteiger partial charge in [0.2, 0.25) is 10.0 Å². The first kappa shape index (κ1) is 16.1. The van der Waals surface area contributed by atoms with E-state index in [0.717, 1.165) is 4.31 Å². The minimum atomic E-state index is -3.73.